The molecule has 0 amide bonds. The van der Waals surface area contributed by atoms with Crippen molar-refractivity contribution in [3.8, 4) is 0 Å². The van der Waals surface area contributed by atoms with Gasteiger partial charge in [-0.3, -0.25) is 0 Å². The second-order valence-corrected chi connectivity index (χ2v) is 4.75. The molecule has 5 nitrogen and oxygen atoms in total. The van der Waals surface area contributed by atoms with Gasteiger partial charge in [0.25, 0.3) is 0 Å². The van der Waals surface area contributed by atoms with Crippen LogP contribution in [0.1, 0.15) is 37.9 Å². The molecule has 0 aliphatic heterocycles. The molecule has 0 unspecified atom stereocenters. The van der Waals surface area contributed by atoms with Crippen LogP contribution in [0, 0.1) is 0 Å². The van der Waals surface area contributed by atoms with Crippen LogP contribution in [-0.2, 0) is 13.6 Å². The van der Waals surface area contributed by atoms with E-state index in [1.165, 1.54) is 6.42 Å². The van der Waals surface area contributed by atoms with Crippen molar-refractivity contribution in [3.63, 3.8) is 0 Å². The zero-order valence-electron chi connectivity index (χ0n) is 9.82. The lowest BCUT2D eigenvalue weighted by molar-refractivity contribution is 0.00451. The maximum Gasteiger partial charge on any atom is 0.146 e. The first kappa shape index (κ1) is 11.5. The summed E-state index contributed by atoms with van der Waals surface area (Å²) in [6, 6.07) is 0. The van der Waals surface area contributed by atoms with E-state index < -0.39 is 5.60 Å². The Morgan fingerprint density at radius 3 is 2.81 bits per heavy atom. The van der Waals surface area contributed by atoms with Gasteiger partial charge in [-0.1, -0.05) is 19.3 Å². The van der Waals surface area contributed by atoms with Crippen LogP contribution in [0.3, 0.4) is 0 Å². The van der Waals surface area contributed by atoms with Crippen LogP contribution in [0.2, 0.25) is 0 Å². The fourth-order valence-electron chi connectivity index (χ4n) is 2.26. The summed E-state index contributed by atoms with van der Waals surface area (Å²) in [6.45, 7) is 1.32. The molecule has 90 valence electrons. The van der Waals surface area contributed by atoms with E-state index in [0.717, 1.165) is 31.5 Å². The Morgan fingerprint density at radius 2 is 2.19 bits per heavy atom. The van der Waals surface area contributed by atoms with Crippen molar-refractivity contribution in [2.75, 3.05) is 6.54 Å². The first-order valence-corrected chi connectivity index (χ1v) is 5.96. The fourth-order valence-corrected chi connectivity index (χ4v) is 2.26. The van der Waals surface area contributed by atoms with Gasteiger partial charge in [0.15, 0.2) is 0 Å². The molecule has 1 aromatic rings. The van der Waals surface area contributed by atoms with Gasteiger partial charge in [0.1, 0.15) is 12.2 Å². The smallest absolute Gasteiger partial charge is 0.146 e. The van der Waals surface area contributed by atoms with Gasteiger partial charge in [-0.2, -0.15) is 0 Å². The lowest BCUT2D eigenvalue weighted by atomic mass is 9.85. The molecular weight excluding hydrogens is 204 g/mol. The molecule has 1 aromatic heterocycles. The monoisotopic (exact) mass is 224 g/mol. The van der Waals surface area contributed by atoms with Crippen molar-refractivity contribution in [2.24, 2.45) is 7.05 Å². The van der Waals surface area contributed by atoms with Crippen LogP contribution < -0.4 is 5.32 Å². The Kier molecular flexibility index (Phi) is 3.56. The van der Waals surface area contributed by atoms with Gasteiger partial charge in [0.2, 0.25) is 0 Å². The minimum Gasteiger partial charge on any atom is -0.389 e. The molecule has 1 heterocycles. The second-order valence-electron chi connectivity index (χ2n) is 4.75. The fraction of sp³-hybridized carbons (Fsp3) is 0.818. The third-order valence-corrected chi connectivity index (χ3v) is 3.33. The summed E-state index contributed by atoms with van der Waals surface area (Å²) >= 11 is 0. The van der Waals surface area contributed by atoms with Crippen molar-refractivity contribution in [3.05, 3.63) is 12.2 Å². The molecule has 1 aliphatic carbocycles. The number of nitrogens with zero attached hydrogens (tertiary/aromatic N) is 3. The summed E-state index contributed by atoms with van der Waals surface area (Å²) in [7, 11) is 1.92. The standard InChI is InChI=1S/C11H20N4O/c1-15-9-13-14-10(15)7-12-8-11(16)5-3-2-4-6-11/h9,12,16H,2-8H2,1H3. The average molecular weight is 224 g/mol. The maximum atomic E-state index is 10.3. The van der Waals surface area contributed by atoms with Crippen molar-refractivity contribution in [1.82, 2.24) is 20.1 Å². The SMILES string of the molecule is Cn1cnnc1CNCC1(O)CCCCC1. The second kappa shape index (κ2) is 4.93. The molecule has 1 saturated carbocycles. The Labute approximate surface area is 95.9 Å². The van der Waals surface area contributed by atoms with Gasteiger partial charge in [-0.05, 0) is 12.8 Å². The number of aromatic nitrogens is 3. The van der Waals surface area contributed by atoms with Gasteiger partial charge in [0.05, 0.1) is 12.1 Å². The summed E-state index contributed by atoms with van der Waals surface area (Å²) in [5, 5.41) is 21.3. The normalized spacial score (nSPS) is 19.9. The first-order chi connectivity index (χ1) is 7.70. The third kappa shape index (κ3) is 2.80. The molecule has 0 atom stereocenters. The lowest BCUT2D eigenvalue weighted by Crippen LogP contribution is -2.42. The highest BCUT2D eigenvalue weighted by Crippen LogP contribution is 2.27. The van der Waals surface area contributed by atoms with Gasteiger partial charge < -0.3 is 15.0 Å². The molecule has 0 bridgehead atoms. The lowest BCUT2D eigenvalue weighted by Gasteiger charge is -2.32. The molecule has 2 rings (SSSR count). The molecule has 1 fully saturated rings. The Morgan fingerprint density at radius 1 is 1.44 bits per heavy atom. The van der Waals surface area contributed by atoms with Gasteiger partial charge in [-0.15, -0.1) is 10.2 Å². The molecule has 0 radical (unpaired) electrons. The van der Waals surface area contributed by atoms with E-state index in [1.807, 2.05) is 11.6 Å². The molecule has 2 N–H and O–H groups in total. The molecule has 0 saturated heterocycles. The minimum atomic E-state index is -0.503. The van der Waals surface area contributed by atoms with E-state index in [0.29, 0.717) is 13.1 Å². The van der Waals surface area contributed by atoms with Crippen LogP contribution >= 0.6 is 0 Å². The molecule has 16 heavy (non-hydrogen) atoms. The number of hydrogen-bond acceptors (Lipinski definition) is 4. The predicted molar refractivity (Wildman–Crippen MR) is 60.7 cm³/mol. The van der Waals surface area contributed by atoms with E-state index in [2.05, 4.69) is 15.5 Å². The molecule has 0 spiro atoms. The number of rotatable bonds is 4. The van der Waals surface area contributed by atoms with Gasteiger partial charge in [-0.25, -0.2) is 0 Å². The Bertz CT molecular complexity index is 330. The Hall–Kier alpha value is -0.940. The number of nitrogens with one attached hydrogen (secondary N) is 1. The maximum absolute atomic E-state index is 10.3. The highest BCUT2D eigenvalue weighted by Gasteiger charge is 2.28. The average Bonchev–Trinajstić information content (AvgIpc) is 2.65. The molecule has 0 aromatic carbocycles. The topological polar surface area (TPSA) is 63.0 Å². The minimum absolute atomic E-state index is 0.503. The van der Waals surface area contributed by atoms with Gasteiger partial charge >= 0.3 is 0 Å². The van der Waals surface area contributed by atoms with Crippen LogP contribution in [0.25, 0.3) is 0 Å². The zero-order valence-corrected chi connectivity index (χ0v) is 9.82. The highest BCUT2D eigenvalue weighted by atomic mass is 16.3. The van der Waals surface area contributed by atoms with E-state index in [9.17, 15) is 5.11 Å². The summed E-state index contributed by atoms with van der Waals surface area (Å²) in [4.78, 5) is 0. The quantitative estimate of drug-likeness (QED) is 0.786. The molecular formula is C11H20N4O. The summed E-state index contributed by atoms with van der Waals surface area (Å²) in [5.74, 6) is 0.902. The van der Waals surface area contributed by atoms with Crippen molar-refractivity contribution in [1.29, 1.82) is 0 Å². The van der Waals surface area contributed by atoms with Crippen molar-refractivity contribution >= 4 is 0 Å². The summed E-state index contributed by atoms with van der Waals surface area (Å²) in [5.41, 5.74) is -0.503. The summed E-state index contributed by atoms with van der Waals surface area (Å²) < 4.78 is 1.89. The van der Waals surface area contributed by atoms with E-state index in [1.54, 1.807) is 6.33 Å². The largest absolute Gasteiger partial charge is 0.389 e. The third-order valence-electron chi connectivity index (χ3n) is 3.33. The van der Waals surface area contributed by atoms with Gasteiger partial charge in [0, 0.05) is 13.6 Å². The van der Waals surface area contributed by atoms with Crippen LogP contribution in [0.5, 0.6) is 0 Å². The molecule has 1 aliphatic rings. The number of hydrogen-bond donors (Lipinski definition) is 2. The Balaban J connectivity index is 1.77. The first-order valence-electron chi connectivity index (χ1n) is 5.96. The van der Waals surface area contributed by atoms with Crippen molar-refractivity contribution in [2.45, 2.75) is 44.2 Å². The number of aliphatic hydroxyl groups is 1. The van der Waals surface area contributed by atoms with E-state index in [-0.39, 0.29) is 0 Å². The molecule has 5 heteroatoms. The number of aryl methyl sites for hydroxylation is 1. The zero-order chi connectivity index (χ0) is 11.4. The van der Waals surface area contributed by atoms with Crippen molar-refractivity contribution < 1.29 is 5.11 Å². The van der Waals surface area contributed by atoms with E-state index >= 15 is 0 Å². The van der Waals surface area contributed by atoms with Crippen LogP contribution in [-0.4, -0.2) is 32.0 Å². The summed E-state index contributed by atoms with van der Waals surface area (Å²) in [6.07, 6.45) is 7.06. The van der Waals surface area contributed by atoms with Crippen LogP contribution in [0.4, 0.5) is 0 Å². The highest BCUT2D eigenvalue weighted by molar-refractivity contribution is 4.87. The van der Waals surface area contributed by atoms with Crippen LogP contribution in [0.15, 0.2) is 6.33 Å². The predicted octanol–water partition coefficient (Wildman–Crippen LogP) is 0.600. The van der Waals surface area contributed by atoms with E-state index in [4.69, 9.17) is 0 Å².